The van der Waals surface area contributed by atoms with Crippen molar-refractivity contribution in [3.05, 3.63) is 29.0 Å². The molecular weight excluding hydrogens is 270 g/mol. The van der Waals surface area contributed by atoms with Gasteiger partial charge in [0.15, 0.2) is 5.82 Å². The summed E-state index contributed by atoms with van der Waals surface area (Å²) in [5.41, 5.74) is 6.07. The molecule has 0 bridgehead atoms. The van der Waals surface area contributed by atoms with E-state index in [9.17, 15) is 0 Å². The van der Waals surface area contributed by atoms with Crippen LogP contribution in [-0.2, 0) is 5.41 Å². The van der Waals surface area contributed by atoms with Crippen LogP contribution in [0, 0.1) is 0 Å². The van der Waals surface area contributed by atoms with Crippen LogP contribution in [0.15, 0.2) is 18.2 Å². The first-order valence-corrected chi connectivity index (χ1v) is 6.58. The average Bonchev–Trinajstić information content (AvgIpc) is 2.72. The fourth-order valence-corrected chi connectivity index (χ4v) is 2.14. The van der Waals surface area contributed by atoms with Gasteiger partial charge in [-0.05, 0) is 12.1 Å². The Bertz CT molecular complexity index is 563. The van der Waals surface area contributed by atoms with Crippen molar-refractivity contribution in [1.82, 2.24) is 9.36 Å². The summed E-state index contributed by atoms with van der Waals surface area (Å²) in [6.45, 7) is 6.16. The van der Waals surface area contributed by atoms with Gasteiger partial charge in [0.2, 0.25) is 0 Å². The number of nitrogen functional groups attached to an aromatic ring is 1. The normalized spacial score (nSPS) is 11.6. The molecule has 4 nitrogen and oxygen atoms in total. The number of anilines is 1. The minimum Gasteiger partial charge on any atom is -0.430 e. The molecule has 0 atom stereocenters. The van der Waals surface area contributed by atoms with Crippen molar-refractivity contribution < 1.29 is 4.74 Å². The minimum atomic E-state index is -0.0864. The van der Waals surface area contributed by atoms with E-state index >= 15 is 0 Å². The van der Waals surface area contributed by atoms with Gasteiger partial charge < -0.3 is 10.5 Å². The SMILES string of the molecule is CC(C)(C)c1nsc(Oc2ccc(N)c(Cl)c2)n1. The Morgan fingerprint density at radius 1 is 1.33 bits per heavy atom. The smallest absolute Gasteiger partial charge is 0.298 e. The van der Waals surface area contributed by atoms with Crippen molar-refractivity contribution in [3.63, 3.8) is 0 Å². The van der Waals surface area contributed by atoms with Gasteiger partial charge in [0.05, 0.1) is 10.7 Å². The Balaban J connectivity index is 2.19. The van der Waals surface area contributed by atoms with E-state index in [0.29, 0.717) is 21.7 Å². The van der Waals surface area contributed by atoms with Gasteiger partial charge in [0.1, 0.15) is 5.75 Å². The van der Waals surface area contributed by atoms with Gasteiger partial charge in [0.25, 0.3) is 5.19 Å². The lowest BCUT2D eigenvalue weighted by molar-refractivity contribution is 0.468. The van der Waals surface area contributed by atoms with Crippen molar-refractivity contribution in [2.45, 2.75) is 26.2 Å². The van der Waals surface area contributed by atoms with Gasteiger partial charge in [-0.25, -0.2) is 0 Å². The molecule has 1 aromatic carbocycles. The summed E-state index contributed by atoms with van der Waals surface area (Å²) in [7, 11) is 0. The molecule has 18 heavy (non-hydrogen) atoms. The Kier molecular flexibility index (Phi) is 3.45. The fraction of sp³-hybridized carbons (Fsp3) is 0.333. The molecular formula is C12H14ClN3OS. The van der Waals surface area contributed by atoms with Crippen molar-refractivity contribution in [1.29, 1.82) is 0 Å². The van der Waals surface area contributed by atoms with E-state index in [1.54, 1.807) is 18.2 Å². The number of ether oxygens (including phenoxy) is 1. The Morgan fingerprint density at radius 3 is 2.61 bits per heavy atom. The number of nitrogens with zero attached hydrogens (tertiary/aromatic N) is 2. The standard InChI is InChI=1S/C12H14ClN3OS/c1-12(2,3)10-15-11(18-16-10)17-7-4-5-9(14)8(13)6-7/h4-6H,14H2,1-3H3. The zero-order chi connectivity index (χ0) is 13.3. The maximum Gasteiger partial charge on any atom is 0.298 e. The van der Waals surface area contributed by atoms with Crippen LogP contribution in [0.25, 0.3) is 0 Å². The zero-order valence-electron chi connectivity index (χ0n) is 10.4. The highest BCUT2D eigenvalue weighted by Crippen LogP contribution is 2.30. The van der Waals surface area contributed by atoms with Gasteiger partial charge in [-0.2, -0.15) is 9.36 Å². The van der Waals surface area contributed by atoms with Crippen molar-refractivity contribution in [2.75, 3.05) is 5.73 Å². The fourth-order valence-electron chi connectivity index (χ4n) is 1.23. The van der Waals surface area contributed by atoms with E-state index < -0.39 is 0 Å². The second kappa shape index (κ2) is 4.74. The third-order valence-electron chi connectivity index (χ3n) is 2.26. The van der Waals surface area contributed by atoms with Crippen LogP contribution in [0.4, 0.5) is 5.69 Å². The Morgan fingerprint density at radius 2 is 2.06 bits per heavy atom. The molecule has 2 rings (SSSR count). The summed E-state index contributed by atoms with van der Waals surface area (Å²) < 4.78 is 9.87. The topological polar surface area (TPSA) is 61.0 Å². The number of halogens is 1. The predicted molar refractivity (Wildman–Crippen MR) is 74.5 cm³/mol. The lowest BCUT2D eigenvalue weighted by Gasteiger charge is -2.12. The lowest BCUT2D eigenvalue weighted by atomic mass is 9.96. The molecule has 2 aromatic rings. The first-order valence-electron chi connectivity index (χ1n) is 5.43. The van der Waals surface area contributed by atoms with Crippen LogP contribution in [0.3, 0.4) is 0 Å². The summed E-state index contributed by atoms with van der Waals surface area (Å²) in [6, 6.07) is 5.11. The highest BCUT2D eigenvalue weighted by molar-refractivity contribution is 7.07. The van der Waals surface area contributed by atoms with Crippen molar-refractivity contribution >= 4 is 28.8 Å². The maximum atomic E-state index is 5.92. The van der Waals surface area contributed by atoms with Gasteiger partial charge in [-0.1, -0.05) is 32.4 Å². The van der Waals surface area contributed by atoms with E-state index in [0.717, 1.165) is 5.82 Å². The van der Waals surface area contributed by atoms with E-state index in [1.165, 1.54) is 11.5 Å². The monoisotopic (exact) mass is 283 g/mol. The molecule has 0 aliphatic carbocycles. The predicted octanol–water partition coefficient (Wildman–Crippen LogP) is 3.86. The number of nitrogens with two attached hydrogens (primary N) is 1. The first kappa shape index (κ1) is 13.1. The average molecular weight is 284 g/mol. The summed E-state index contributed by atoms with van der Waals surface area (Å²) in [4.78, 5) is 4.34. The lowest BCUT2D eigenvalue weighted by Crippen LogP contribution is -2.12. The van der Waals surface area contributed by atoms with Gasteiger partial charge in [-0.15, -0.1) is 0 Å². The maximum absolute atomic E-state index is 5.92. The number of aromatic nitrogens is 2. The van der Waals surface area contributed by atoms with Crippen LogP contribution in [-0.4, -0.2) is 9.36 Å². The number of benzene rings is 1. The number of rotatable bonds is 2. The van der Waals surface area contributed by atoms with Gasteiger partial charge >= 0.3 is 0 Å². The third kappa shape index (κ3) is 2.91. The molecule has 0 saturated heterocycles. The van der Waals surface area contributed by atoms with E-state index in [4.69, 9.17) is 22.1 Å². The van der Waals surface area contributed by atoms with E-state index in [1.807, 2.05) is 0 Å². The highest BCUT2D eigenvalue weighted by Gasteiger charge is 2.20. The highest BCUT2D eigenvalue weighted by atomic mass is 35.5. The molecule has 6 heteroatoms. The summed E-state index contributed by atoms with van der Waals surface area (Å²) in [5.74, 6) is 1.37. The van der Waals surface area contributed by atoms with Crippen molar-refractivity contribution in [3.8, 4) is 10.9 Å². The van der Waals surface area contributed by atoms with Crippen LogP contribution in [0.2, 0.25) is 5.02 Å². The van der Waals surface area contributed by atoms with Crippen LogP contribution < -0.4 is 10.5 Å². The molecule has 0 amide bonds. The summed E-state index contributed by atoms with van der Waals surface area (Å²) in [6.07, 6.45) is 0. The second-order valence-corrected chi connectivity index (χ2v) is 6.04. The molecule has 2 N–H and O–H groups in total. The molecule has 0 radical (unpaired) electrons. The molecule has 0 unspecified atom stereocenters. The largest absolute Gasteiger partial charge is 0.430 e. The quantitative estimate of drug-likeness (QED) is 0.850. The molecule has 1 heterocycles. The minimum absolute atomic E-state index is 0.0864. The zero-order valence-corrected chi connectivity index (χ0v) is 12.0. The van der Waals surface area contributed by atoms with Crippen LogP contribution in [0.1, 0.15) is 26.6 Å². The Hall–Kier alpha value is -1.33. The van der Waals surface area contributed by atoms with E-state index in [-0.39, 0.29) is 5.41 Å². The molecule has 0 spiro atoms. The van der Waals surface area contributed by atoms with Gasteiger partial charge in [0, 0.05) is 23.0 Å². The van der Waals surface area contributed by atoms with Crippen molar-refractivity contribution in [2.24, 2.45) is 0 Å². The van der Waals surface area contributed by atoms with E-state index in [2.05, 4.69) is 30.1 Å². The molecule has 0 aliphatic rings. The third-order valence-corrected chi connectivity index (χ3v) is 3.18. The second-order valence-electron chi connectivity index (χ2n) is 4.92. The van der Waals surface area contributed by atoms with Crippen LogP contribution in [0.5, 0.6) is 10.9 Å². The number of hydrogen-bond donors (Lipinski definition) is 1. The Labute approximate surface area is 115 Å². The molecule has 0 fully saturated rings. The van der Waals surface area contributed by atoms with Crippen LogP contribution >= 0.6 is 23.1 Å². The van der Waals surface area contributed by atoms with Gasteiger partial charge in [-0.3, -0.25) is 0 Å². The molecule has 96 valence electrons. The molecule has 0 aliphatic heterocycles. The summed E-state index contributed by atoms with van der Waals surface area (Å²) in [5, 5.41) is 0.967. The first-order chi connectivity index (χ1) is 8.36. The number of hydrogen-bond acceptors (Lipinski definition) is 5. The molecule has 1 aromatic heterocycles. The molecule has 0 saturated carbocycles. The summed E-state index contributed by atoms with van der Waals surface area (Å²) >= 11 is 7.14.